The smallest absolute Gasteiger partial charge is 0.185 e. The van der Waals surface area contributed by atoms with Crippen LogP contribution in [0.25, 0.3) is 6.08 Å². The van der Waals surface area contributed by atoms with Crippen molar-refractivity contribution in [2.75, 3.05) is 19.8 Å². The first-order valence-electron chi connectivity index (χ1n) is 12.1. The van der Waals surface area contributed by atoms with Crippen LogP contribution in [-0.2, 0) is 6.42 Å². The standard InChI is InChI=1S/C29H38O4/c1-5-9-19-32-26-21-24(27(11-7-3)29(22-26)33-20-10-6-2)14-17-28(30)23-12-15-25(16-13-23)31-18-8-4/h7,12-17,21-22H,3,5-6,8-11,18-20H2,1-2,4H3/b17-14+. The van der Waals surface area contributed by atoms with E-state index in [-0.39, 0.29) is 5.78 Å². The molecule has 33 heavy (non-hydrogen) atoms. The van der Waals surface area contributed by atoms with Crippen molar-refractivity contribution in [3.63, 3.8) is 0 Å². The van der Waals surface area contributed by atoms with Gasteiger partial charge in [-0.15, -0.1) is 6.58 Å². The van der Waals surface area contributed by atoms with Crippen molar-refractivity contribution >= 4 is 11.9 Å². The molecule has 0 heterocycles. The van der Waals surface area contributed by atoms with E-state index < -0.39 is 0 Å². The maximum Gasteiger partial charge on any atom is 0.185 e. The van der Waals surface area contributed by atoms with Gasteiger partial charge in [-0.05, 0) is 67.7 Å². The second-order valence-electron chi connectivity index (χ2n) is 7.96. The average Bonchev–Trinajstić information content (AvgIpc) is 2.83. The number of carbonyl (C=O) groups excluding carboxylic acids is 1. The van der Waals surface area contributed by atoms with Gasteiger partial charge in [0.25, 0.3) is 0 Å². The van der Waals surface area contributed by atoms with Crippen LogP contribution in [0, 0.1) is 0 Å². The van der Waals surface area contributed by atoms with E-state index in [1.165, 1.54) is 0 Å². The molecule has 0 saturated carbocycles. The van der Waals surface area contributed by atoms with Crippen LogP contribution in [-0.4, -0.2) is 25.6 Å². The Morgan fingerprint density at radius 1 is 0.848 bits per heavy atom. The predicted octanol–water partition coefficient (Wildman–Crippen LogP) is 7.46. The van der Waals surface area contributed by atoms with E-state index in [1.54, 1.807) is 18.2 Å². The second kappa shape index (κ2) is 14.9. The molecule has 0 aliphatic heterocycles. The zero-order chi connectivity index (χ0) is 23.9. The summed E-state index contributed by atoms with van der Waals surface area (Å²) in [6.45, 7) is 12.2. The van der Waals surface area contributed by atoms with Gasteiger partial charge in [0.05, 0.1) is 19.8 Å². The van der Waals surface area contributed by atoms with Crippen molar-refractivity contribution in [1.82, 2.24) is 0 Å². The highest BCUT2D eigenvalue weighted by Crippen LogP contribution is 2.31. The lowest BCUT2D eigenvalue weighted by Gasteiger charge is -2.16. The number of rotatable bonds is 16. The Morgan fingerprint density at radius 2 is 1.52 bits per heavy atom. The summed E-state index contributed by atoms with van der Waals surface area (Å²) >= 11 is 0. The third kappa shape index (κ3) is 8.80. The van der Waals surface area contributed by atoms with Gasteiger partial charge in [0.15, 0.2) is 5.78 Å². The molecule has 0 spiro atoms. The van der Waals surface area contributed by atoms with Gasteiger partial charge in [-0.3, -0.25) is 4.79 Å². The molecular formula is C29H38O4. The number of allylic oxidation sites excluding steroid dienone is 2. The first-order valence-corrected chi connectivity index (χ1v) is 12.1. The minimum Gasteiger partial charge on any atom is -0.494 e. The second-order valence-corrected chi connectivity index (χ2v) is 7.96. The lowest BCUT2D eigenvalue weighted by atomic mass is 10.0. The summed E-state index contributed by atoms with van der Waals surface area (Å²) in [5.41, 5.74) is 2.54. The van der Waals surface area contributed by atoms with Crippen LogP contribution in [0.15, 0.2) is 55.1 Å². The largest absolute Gasteiger partial charge is 0.494 e. The predicted molar refractivity (Wildman–Crippen MR) is 137 cm³/mol. The van der Waals surface area contributed by atoms with E-state index in [9.17, 15) is 4.79 Å². The van der Waals surface area contributed by atoms with Crippen LogP contribution < -0.4 is 14.2 Å². The Hall–Kier alpha value is -3.01. The summed E-state index contributed by atoms with van der Waals surface area (Å²) in [6, 6.07) is 11.2. The van der Waals surface area contributed by atoms with Gasteiger partial charge in [-0.25, -0.2) is 0 Å². The minimum atomic E-state index is -0.0626. The van der Waals surface area contributed by atoms with E-state index >= 15 is 0 Å². The molecule has 0 aliphatic rings. The number of hydrogen-bond acceptors (Lipinski definition) is 4. The number of ether oxygens (including phenoxy) is 3. The van der Waals surface area contributed by atoms with Crippen LogP contribution in [0.5, 0.6) is 17.2 Å². The van der Waals surface area contributed by atoms with Crippen molar-refractivity contribution in [1.29, 1.82) is 0 Å². The van der Waals surface area contributed by atoms with Crippen LogP contribution in [0.3, 0.4) is 0 Å². The molecule has 2 aromatic carbocycles. The van der Waals surface area contributed by atoms with Gasteiger partial charge >= 0.3 is 0 Å². The molecule has 0 saturated heterocycles. The molecular weight excluding hydrogens is 412 g/mol. The summed E-state index contributed by atoms with van der Waals surface area (Å²) in [5.74, 6) is 2.26. The molecule has 0 aromatic heterocycles. The third-order valence-corrected chi connectivity index (χ3v) is 5.11. The molecule has 4 nitrogen and oxygen atoms in total. The fourth-order valence-corrected chi connectivity index (χ4v) is 3.22. The summed E-state index contributed by atoms with van der Waals surface area (Å²) in [5, 5.41) is 0. The van der Waals surface area contributed by atoms with Gasteiger partial charge < -0.3 is 14.2 Å². The Balaban J connectivity index is 2.29. The van der Waals surface area contributed by atoms with Crippen LogP contribution >= 0.6 is 0 Å². The Labute approximate surface area is 199 Å². The molecule has 0 amide bonds. The van der Waals surface area contributed by atoms with Crippen molar-refractivity contribution in [3.05, 3.63) is 71.8 Å². The maximum absolute atomic E-state index is 12.8. The Bertz CT molecular complexity index is 897. The van der Waals surface area contributed by atoms with E-state index in [4.69, 9.17) is 14.2 Å². The molecule has 178 valence electrons. The van der Waals surface area contributed by atoms with Crippen molar-refractivity contribution in [2.24, 2.45) is 0 Å². The number of hydrogen-bond donors (Lipinski definition) is 0. The maximum atomic E-state index is 12.8. The van der Waals surface area contributed by atoms with Gasteiger partial charge in [0.2, 0.25) is 0 Å². The normalized spacial score (nSPS) is 10.9. The van der Waals surface area contributed by atoms with Gasteiger partial charge in [0.1, 0.15) is 17.2 Å². The summed E-state index contributed by atoms with van der Waals surface area (Å²) in [6.07, 6.45) is 11.0. The molecule has 0 atom stereocenters. The fraction of sp³-hybridized carbons (Fsp3) is 0.414. The number of benzene rings is 2. The highest BCUT2D eigenvalue weighted by Gasteiger charge is 2.12. The lowest BCUT2D eigenvalue weighted by molar-refractivity contribution is 0.104. The van der Waals surface area contributed by atoms with Crippen molar-refractivity contribution in [3.8, 4) is 17.2 Å². The Kier molecular flexibility index (Phi) is 11.9. The van der Waals surface area contributed by atoms with Crippen molar-refractivity contribution < 1.29 is 19.0 Å². The SMILES string of the molecule is C=CCc1c(/C=C/C(=O)c2ccc(OCCC)cc2)cc(OCCCC)cc1OCCCC. The molecule has 4 heteroatoms. The highest BCUT2D eigenvalue weighted by atomic mass is 16.5. The topological polar surface area (TPSA) is 44.8 Å². The first-order chi connectivity index (χ1) is 16.1. The van der Waals surface area contributed by atoms with E-state index in [1.807, 2.05) is 36.4 Å². The molecule has 0 radical (unpaired) electrons. The van der Waals surface area contributed by atoms with E-state index in [2.05, 4.69) is 27.4 Å². The average molecular weight is 451 g/mol. The molecule has 0 fully saturated rings. The first kappa shape index (κ1) is 26.2. The summed E-state index contributed by atoms with van der Waals surface area (Å²) in [7, 11) is 0. The monoisotopic (exact) mass is 450 g/mol. The third-order valence-electron chi connectivity index (χ3n) is 5.11. The molecule has 0 unspecified atom stereocenters. The molecule has 0 N–H and O–H groups in total. The van der Waals surface area contributed by atoms with Gasteiger partial charge in [-0.2, -0.15) is 0 Å². The summed E-state index contributed by atoms with van der Waals surface area (Å²) < 4.78 is 17.7. The molecule has 0 aliphatic carbocycles. The molecule has 2 rings (SSSR count). The fourth-order valence-electron chi connectivity index (χ4n) is 3.22. The molecule has 0 bridgehead atoms. The lowest BCUT2D eigenvalue weighted by Crippen LogP contribution is -2.04. The quantitative estimate of drug-likeness (QED) is 0.115. The van der Waals surface area contributed by atoms with Gasteiger partial charge in [-0.1, -0.05) is 45.8 Å². The number of carbonyl (C=O) groups is 1. The number of unbranched alkanes of at least 4 members (excludes halogenated alkanes) is 2. The van der Waals surface area contributed by atoms with Crippen molar-refractivity contribution in [2.45, 2.75) is 59.3 Å². The Morgan fingerprint density at radius 3 is 2.15 bits per heavy atom. The van der Waals surface area contributed by atoms with Crippen LogP contribution in [0.4, 0.5) is 0 Å². The van der Waals surface area contributed by atoms with E-state index in [0.29, 0.717) is 31.8 Å². The minimum absolute atomic E-state index is 0.0626. The van der Waals surface area contributed by atoms with Crippen LogP contribution in [0.1, 0.15) is 74.4 Å². The van der Waals surface area contributed by atoms with E-state index in [0.717, 1.165) is 60.5 Å². The van der Waals surface area contributed by atoms with Crippen LogP contribution in [0.2, 0.25) is 0 Å². The number of ketones is 1. The molecule has 2 aromatic rings. The zero-order valence-corrected chi connectivity index (χ0v) is 20.4. The highest BCUT2D eigenvalue weighted by molar-refractivity contribution is 6.07. The van der Waals surface area contributed by atoms with Gasteiger partial charge in [0, 0.05) is 17.2 Å². The summed E-state index contributed by atoms with van der Waals surface area (Å²) in [4.78, 5) is 12.8. The zero-order valence-electron chi connectivity index (χ0n) is 20.4.